The summed E-state index contributed by atoms with van der Waals surface area (Å²) in [6.07, 6.45) is 0.439. The van der Waals surface area contributed by atoms with E-state index in [1.54, 1.807) is 7.05 Å². The van der Waals surface area contributed by atoms with Gasteiger partial charge < -0.3 is 10.6 Å². The number of halogens is 1. The number of hydrogen-bond acceptors (Lipinski definition) is 4. The molecular formula is C11H14ClN3O3S. The number of likely N-dealkylation sites (tertiary alicyclic amines) is 1. The number of rotatable bonds is 3. The smallest absolute Gasteiger partial charge is 0.242 e. The van der Waals surface area contributed by atoms with Crippen molar-refractivity contribution in [3.63, 3.8) is 0 Å². The minimum absolute atomic E-state index is 0.0699. The Bertz CT molecular complexity index is 618. The second-order valence-electron chi connectivity index (χ2n) is 4.41. The summed E-state index contributed by atoms with van der Waals surface area (Å²) in [5, 5.41) is 0.0699. The van der Waals surface area contributed by atoms with Crippen LogP contribution in [0.2, 0.25) is 5.02 Å². The van der Waals surface area contributed by atoms with Crippen molar-refractivity contribution in [2.45, 2.75) is 17.4 Å². The Kier molecular flexibility index (Phi) is 3.71. The maximum Gasteiger partial charge on any atom is 0.242 e. The topological polar surface area (TPSA) is 92.5 Å². The van der Waals surface area contributed by atoms with Crippen molar-refractivity contribution in [3.05, 3.63) is 23.2 Å². The van der Waals surface area contributed by atoms with E-state index < -0.39 is 16.1 Å². The van der Waals surface area contributed by atoms with Gasteiger partial charge in [0.2, 0.25) is 15.9 Å². The maximum absolute atomic E-state index is 12.2. The van der Waals surface area contributed by atoms with Crippen molar-refractivity contribution in [2.24, 2.45) is 0 Å². The van der Waals surface area contributed by atoms with E-state index >= 15 is 0 Å². The number of sulfonamides is 1. The predicted molar refractivity (Wildman–Crippen MR) is 72.2 cm³/mol. The zero-order valence-electron chi connectivity index (χ0n) is 10.3. The number of likely N-dealkylation sites (N-methyl/N-ethyl adjacent to an activating group) is 1. The Morgan fingerprint density at radius 3 is 2.74 bits per heavy atom. The molecule has 104 valence electrons. The molecule has 0 spiro atoms. The molecule has 1 saturated heterocycles. The predicted octanol–water partition coefficient (Wildman–Crippen LogP) is 0.431. The fourth-order valence-corrected chi connectivity index (χ4v) is 3.67. The SMILES string of the molecule is CN1CCC(NS(=O)(=O)c2cc(N)ccc2Cl)C1=O. The normalized spacial score (nSPS) is 20.0. The second kappa shape index (κ2) is 4.99. The van der Waals surface area contributed by atoms with Gasteiger partial charge in [-0.25, -0.2) is 8.42 Å². The fraction of sp³-hybridized carbons (Fsp3) is 0.364. The van der Waals surface area contributed by atoms with E-state index in [-0.39, 0.29) is 15.8 Å². The molecule has 1 amide bonds. The third-order valence-corrected chi connectivity index (χ3v) is 4.92. The molecule has 0 saturated carbocycles. The highest BCUT2D eigenvalue weighted by Crippen LogP contribution is 2.24. The monoisotopic (exact) mass is 303 g/mol. The molecule has 1 atom stereocenters. The van der Waals surface area contributed by atoms with Crippen LogP contribution in [0.15, 0.2) is 23.1 Å². The number of amides is 1. The zero-order chi connectivity index (χ0) is 14.2. The van der Waals surface area contributed by atoms with E-state index in [1.165, 1.54) is 23.1 Å². The van der Waals surface area contributed by atoms with Gasteiger partial charge in [0.1, 0.15) is 10.9 Å². The van der Waals surface area contributed by atoms with Crippen molar-refractivity contribution in [2.75, 3.05) is 19.3 Å². The summed E-state index contributed by atoms with van der Waals surface area (Å²) in [4.78, 5) is 13.1. The van der Waals surface area contributed by atoms with Gasteiger partial charge in [-0.05, 0) is 24.6 Å². The average Bonchev–Trinajstić information content (AvgIpc) is 2.63. The summed E-state index contributed by atoms with van der Waals surface area (Å²) in [6.45, 7) is 0.524. The van der Waals surface area contributed by atoms with E-state index in [0.717, 1.165) is 0 Å². The highest BCUT2D eigenvalue weighted by atomic mass is 35.5. The number of nitrogens with one attached hydrogen (secondary N) is 1. The van der Waals surface area contributed by atoms with Gasteiger partial charge in [-0.3, -0.25) is 4.79 Å². The van der Waals surface area contributed by atoms with E-state index in [4.69, 9.17) is 17.3 Å². The summed E-state index contributed by atoms with van der Waals surface area (Å²) in [5.41, 5.74) is 5.85. The van der Waals surface area contributed by atoms with Crippen molar-refractivity contribution >= 4 is 33.2 Å². The Hall–Kier alpha value is -1.31. The number of benzene rings is 1. The molecule has 0 aromatic heterocycles. The van der Waals surface area contributed by atoms with Crippen LogP contribution in [0.3, 0.4) is 0 Å². The third-order valence-electron chi connectivity index (χ3n) is 2.97. The van der Waals surface area contributed by atoms with Gasteiger partial charge in [-0.1, -0.05) is 11.6 Å². The van der Waals surface area contributed by atoms with E-state index in [1.807, 2.05) is 0 Å². The number of anilines is 1. The lowest BCUT2D eigenvalue weighted by Gasteiger charge is -2.13. The standard InChI is InChI=1S/C11H14ClN3O3S/c1-15-5-4-9(11(15)16)14-19(17,18)10-6-7(13)2-3-8(10)12/h2-3,6,9,14H,4-5,13H2,1H3. The number of nitrogen functional groups attached to an aromatic ring is 1. The molecule has 1 aromatic rings. The second-order valence-corrected chi connectivity index (χ2v) is 6.50. The number of carbonyl (C=O) groups is 1. The van der Waals surface area contributed by atoms with Crippen LogP contribution in [0.25, 0.3) is 0 Å². The summed E-state index contributed by atoms with van der Waals surface area (Å²) < 4.78 is 26.7. The van der Waals surface area contributed by atoms with Crippen LogP contribution in [-0.2, 0) is 14.8 Å². The minimum atomic E-state index is -3.86. The number of nitrogens with zero attached hydrogens (tertiary/aromatic N) is 1. The number of nitrogens with two attached hydrogens (primary N) is 1. The Labute approximate surface area is 116 Å². The molecule has 3 N–H and O–H groups in total. The van der Waals surface area contributed by atoms with Gasteiger partial charge >= 0.3 is 0 Å². The van der Waals surface area contributed by atoms with E-state index in [0.29, 0.717) is 18.7 Å². The van der Waals surface area contributed by atoms with Crippen molar-refractivity contribution in [3.8, 4) is 0 Å². The van der Waals surface area contributed by atoms with Gasteiger partial charge in [0, 0.05) is 19.3 Å². The van der Waals surface area contributed by atoms with Crippen LogP contribution >= 0.6 is 11.6 Å². The van der Waals surface area contributed by atoms with Crippen LogP contribution in [0.4, 0.5) is 5.69 Å². The number of carbonyl (C=O) groups excluding carboxylic acids is 1. The first-order valence-corrected chi connectivity index (χ1v) is 7.50. The lowest BCUT2D eigenvalue weighted by molar-refractivity contribution is -0.127. The van der Waals surface area contributed by atoms with Crippen LogP contribution in [0, 0.1) is 0 Å². The molecule has 1 aromatic carbocycles. The van der Waals surface area contributed by atoms with Crippen LogP contribution in [-0.4, -0.2) is 38.9 Å². The van der Waals surface area contributed by atoms with Gasteiger partial charge in [-0.2, -0.15) is 4.72 Å². The highest BCUT2D eigenvalue weighted by Gasteiger charge is 2.33. The van der Waals surface area contributed by atoms with Gasteiger partial charge in [0.05, 0.1) is 5.02 Å². The minimum Gasteiger partial charge on any atom is -0.399 e. The van der Waals surface area contributed by atoms with E-state index in [2.05, 4.69) is 4.72 Å². The molecule has 1 aliphatic rings. The first-order valence-electron chi connectivity index (χ1n) is 5.63. The van der Waals surface area contributed by atoms with Crippen LogP contribution < -0.4 is 10.5 Å². The van der Waals surface area contributed by atoms with Gasteiger partial charge in [0.25, 0.3) is 0 Å². The molecule has 1 aliphatic heterocycles. The van der Waals surface area contributed by atoms with Gasteiger partial charge in [-0.15, -0.1) is 0 Å². The summed E-state index contributed by atoms with van der Waals surface area (Å²) in [7, 11) is -2.23. The Balaban J connectivity index is 2.28. The Morgan fingerprint density at radius 1 is 1.47 bits per heavy atom. The molecule has 1 heterocycles. The van der Waals surface area contributed by atoms with Crippen LogP contribution in [0.1, 0.15) is 6.42 Å². The molecule has 0 bridgehead atoms. The molecule has 8 heteroatoms. The molecule has 1 fully saturated rings. The fourth-order valence-electron chi connectivity index (χ4n) is 1.91. The molecular weight excluding hydrogens is 290 g/mol. The molecule has 6 nitrogen and oxygen atoms in total. The van der Waals surface area contributed by atoms with Crippen LogP contribution in [0.5, 0.6) is 0 Å². The molecule has 2 rings (SSSR count). The van der Waals surface area contributed by atoms with Crippen molar-refractivity contribution in [1.82, 2.24) is 9.62 Å². The van der Waals surface area contributed by atoms with Crippen molar-refractivity contribution < 1.29 is 13.2 Å². The largest absolute Gasteiger partial charge is 0.399 e. The zero-order valence-corrected chi connectivity index (χ0v) is 11.8. The summed E-state index contributed by atoms with van der Waals surface area (Å²) in [6, 6.07) is 3.45. The number of hydrogen-bond donors (Lipinski definition) is 2. The molecule has 19 heavy (non-hydrogen) atoms. The Morgan fingerprint density at radius 2 is 2.16 bits per heavy atom. The maximum atomic E-state index is 12.2. The first-order chi connectivity index (χ1) is 8.81. The summed E-state index contributed by atoms with van der Waals surface area (Å²) >= 11 is 5.86. The third kappa shape index (κ3) is 2.83. The molecule has 0 radical (unpaired) electrons. The summed E-state index contributed by atoms with van der Waals surface area (Å²) in [5.74, 6) is -0.247. The van der Waals surface area contributed by atoms with E-state index in [9.17, 15) is 13.2 Å². The lowest BCUT2D eigenvalue weighted by Crippen LogP contribution is -2.40. The quantitative estimate of drug-likeness (QED) is 0.792. The first kappa shape index (κ1) is 14.1. The highest BCUT2D eigenvalue weighted by molar-refractivity contribution is 7.89. The van der Waals surface area contributed by atoms with Gasteiger partial charge in [0.15, 0.2) is 0 Å². The van der Waals surface area contributed by atoms with Crippen molar-refractivity contribution in [1.29, 1.82) is 0 Å². The average molecular weight is 304 g/mol. The molecule has 0 aliphatic carbocycles. The molecule has 1 unspecified atom stereocenters. The lowest BCUT2D eigenvalue weighted by atomic mass is 10.3.